The second-order valence-corrected chi connectivity index (χ2v) is 6.95. The lowest BCUT2D eigenvalue weighted by Gasteiger charge is -2.42. The van der Waals surface area contributed by atoms with Crippen LogP contribution in [-0.2, 0) is 23.8 Å². The van der Waals surface area contributed by atoms with Gasteiger partial charge in [-0.15, -0.1) is 0 Å². The van der Waals surface area contributed by atoms with Crippen molar-refractivity contribution in [3.05, 3.63) is 0 Å². The van der Waals surface area contributed by atoms with Gasteiger partial charge >= 0.3 is 11.9 Å². The molecule has 0 radical (unpaired) electrons. The fourth-order valence-electron chi connectivity index (χ4n) is 3.23. The summed E-state index contributed by atoms with van der Waals surface area (Å²) < 4.78 is 16.7. The molecule has 0 amide bonds. The average molecular weight is 344 g/mol. The summed E-state index contributed by atoms with van der Waals surface area (Å²) in [6.45, 7) is 5.99. The van der Waals surface area contributed by atoms with Gasteiger partial charge in [0.05, 0.1) is 18.3 Å². The number of fused-ring (bicyclic) bond motifs is 1. The Bertz CT molecular complexity index is 452. The highest BCUT2D eigenvalue weighted by molar-refractivity contribution is 5.70. The maximum absolute atomic E-state index is 12.1. The molecule has 0 spiro atoms. The van der Waals surface area contributed by atoms with Crippen molar-refractivity contribution >= 4 is 11.9 Å². The van der Waals surface area contributed by atoms with Crippen molar-refractivity contribution in [2.45, 2.75) is 77.0 Å². The van der Waals surface area contributed by atoms with E-state index >= 15 is 0 Å². The van der Waals surface area contributed by atoms with Gasteiger partial charge in [0, 0.05) is 18.8 Å². The fraction of sp³-hybridized carbons (Fsp3) is 0.882. The highest BCUT2D eigenvalue weighted by Crippen LogP contribution is 2.33. The molecule has 0 saturated carbocycles. The Hall–Kier alpha value is -1.18. The maximum atomic E-state index is 12.1. The third kappa shape index (κ3) is 4.68. The number of esters is 2. The standard InChI is InChI=1S/C17H28O7/c1-9-10(2)17-14(23-11(9)3)8-22-15(20)6-4-12(18)13(19)5-7-16(21)24-17/h9-14,17-19H,4-8H2,1-3H3/t9-,10-,11+,12?,13?,14-,17+/m1/s1. The van der Waals surface area contributed by atoms with Crippen molar-refractivity contribution in [2.75, 3.05) is 6.61 Å². The van der Waals surface area contributed by atoms with Gasteiger partial charge < -0.3 is 24.4 Å². The minimum atomic E-state index is -1.07. The Kier molecular flexibility index (Phi) is 6.60. The van der Waals surface area contributed by atoms with Crippen LogP contribution in [-0.4, -0.2) is 59.3 Å². The summed E-state index contributed by atoms with van der Waals surface area (Å²) in [7, 11) is 0. The molecule has 2 N–H and O–H groups in total. The zero-order chi connectivity index (χ0) is 17.9. The van der Waals surface area contributed by atoms with Gasteiger partial charge in [-0.2, -0.15) is 0 Å². The average Bonchev–Trinajstić information content (AvgIpc) is 2.56. The van der Waals surface area contributed by atoms with Gasteiger partial charge in [0.25, 0.3) is 0 Å². The summed E-state index contributed by atoms with van der Waals surface area (Å²) in [6.07, 6.45) is -2.98. The first-order valence-electron chi connectivity index (χ1n) is 8.66. The van der Waals surface area contributed by atoms with Crippen LogP contribution in [0.5, 0.6) is 0 Å². The van der Waals surface area contributed by atoms with E-state index in [-0.39, 0.29) is 50.2 Å². The van der Waals surface area contributed by atoms with E-state index in [9.17, 15) is 19.8 Å². The monoisotopic (exact) mass is 344 g/mol. The van der Waals surface area contributed by atoms with E-state index < -0.39 is 36.4 Å². The van der Waals surface area contributed by atoms with Crippen LogP contribution in [0.3, 0.4) is 0 Å². The number of cyclic esters (lactones) is 1. The second-order valence-electron chi connectivity index (χ2n) is 6.95. The van der Waals surface area contributed by atoms with E-state index in [1.165, 1.54) is 0 Å². The molecule has 7 atom stereocenters. The summed E-state index contributed by atoms with van der Waals surface area (Å²) in [6, 6.07) is 0. The summed E-state index contributed by atoms with van der Waals surface area (Å²) in [5.41, 5.74) is 0. The number of rotatable bonds is 0. The molecule has 24 heavy (non-hydrogen) atoms. The molecule has 2 rings (SSSR count). The highest BCUT2D eigenvalue weighted by Gasteiger charge is 2.42. The topological polar surface area (TPSA) is 102 Å². The predicted octanol–water partition coefficient (Wildman–Crippen LogP) is 0.797. The normalized spacial score (nSPS) is 42.6. The zero-order valence-corrected chi connectivity index (χ0v) is 14.5. The fourth-order valence-corrected chi connectivity index (χ4v) is 3.23. The van der Waals surface area contributed by atoms with E-state index in [0.717, 1.165) is 0 Å². The second kappa shape index (κ2) is 8.27. The van der Waals surface area contributed by atoms with Crippen molar-refractivity contribution in [1.82, 2.24) is 0 Å². The third-order valence-electron chi connectivity index (χ3n) is 5.25. The summed E-state index contributed by atoms with van der Waals surface area (Å²) in [5, 5.41) is 19.7. The van der Waals surface area contributed by atoms with E-state index in [1.807, 2.05) is 20.8 Å². The number of aliphatic hydroxyl groups excluding tert-OH is 2. The van der Waals surface area contributed by atoms with E-state index in [2.05, 4.69) is 0 Å². The smallest absolute Gasteiger partial charge is 0.306 e. The molecular formula is C17H28O7. The van der Waals surface area contributed by atoms with Gasteiger partial charge in [-0.05, 0) is 25.7 Å². The van der Waals surface area contributed by atoms with Crippen molar-refractivity contribution in [1.29, 1.82) is 0 Å². The van der Waals surface area contributed by atoms with Crippen LogP contribution >= 0.6 is 0 Å². The van der Waals surface area contributed by atoms with Crippen molar-refractivity contribution < 1.29 is 34.0 Å². The van der Waals surface area contributed by atoms with Crippen molar-refractivity contribution in [3.63, 3.8) is 0 Å². The van der Waals surface area contributed by atoms with E-state index in [0.29, 0.717) is 0 Å². The lowest BCUT2D eigenvalue weighted by molar-refractivity contribution is -0.204. The molecule has 0 aromatic heterocycles. The van der Waals surface area contributed by atoms with Gasteiger partial charge in [-0.3, -0.25) is 9.59 Å². The van der Waals surface area contributed by atoms with Crippen molar-refractivity contribution in [3.8, 4) is 0 Å². The van der Waals surface area contributed by atoms with E-state index in [4.69, 9.17) is 14.2 Å². The van der Waals surface area contributed by atoms with Crippen LogP contribution < -0.4 is 0 Å². The minimum absolute atomic E-state index is 0.00588. The number of carbonyl (C=O) groups excluding carboxylic acids is 2. The molecule has 2 unspecified atom stereocenters. The molecule has 7 nitrogen and oxygen atoms in total. The molecular weight excluding hydrogens is 316 g/mol. The Morgan fingerprint density at radius 2 is 1.50 bits per heavy atom. The Morgan fingerprint density at radius 3 is 2.12 bits per heavy atom. The first kappa shape index (κ1) is 19.1. The van der Waals surface area contributed by atoms with E-state index in [1.54, 1.807) is 0 Å². The quantitative estimate of drug-likeness (QED) is 0.627. The Labute approximate surface area is 142 Å². The lowest BCUT2D eigenvalue weighted by atomic mass is 9.82. The van der Waals surface area contributed by atoms with Gasteiger partial charge in [0.15, 0.2) is 0 Å². The molecule has 2 saturated heterocycles. The minimum Gasteiger partial charge on any atom is -0.463 e. The number of hydrogen-bond acceptors (Lipinski definition) is 7. The molecule has 0 aliphatic carbocycles. The van der Waals surface area contributed by atoms with Gasteiger partial charge in [-0.25, -0.2) is 0 Å². The number of hydrogen-bond donors (Lipinski definition) is 2. The van der Waals surface area contributed by atoms with Crippen LogP contribution in [0.4, 0.5) is 0 Å². The van der Waals surface area contributed by atoms with Crippen LogP contribution in [0, 0.1) is 11.8 Å². The predicted molar refractivity (Wildman–Crippen MR) is 84.0 cm³/mol. The molecule has 0 bridgehead atoms. The molecule has 2 fully saturated rings. The number of carbonyl (C=O) groups is 2. The molecule has 0 aromatic carbocycles. The first-order valence-corrected chi connectivity index (χ1v) is 8.66. The van der Waals surface area contributed by atoms with Crippen LogP contribution in [0.15, 0.2) is 0 Å². The van der Waals surface area contributed by atoms with Crippen LogP contribution in [0.1, 0.15) is 46.5 Å². The molecule has 0 aromatic rings. The Morgan fingerprint density at radius 1 is 0.917 bits per heavy atom. The maximum Gasteiger partial charge on any atom is 0.306 e. The van der Waals surface area contributed by atoms with Gasteiger partial charge in [-0.1, -0.05) is 13.8 Å². The molecule has 2 aliphatic rings. The summed E-state index contributed by atoms with van der Waals surface area (Å²) in [4.78, 5) is 23.9. The third-order valence-corrected chi connectivity index (χ3v) is 5.25. The number of ether oxygens (including phenoxy) is 3. The van der Waals surface area contributed by atoms with Crippen LogP contribution in [0.2, 0.25) is 0 Å². The zero-order valence-electron chi connectivity index (χ0n) is 14.5. The molecule has 7 heteroatoms. The molecule has 2 aliphatic heterocycles. The number of aliphatic hydroxyl groups is 2. The summed E-state index contributed by atoms with van der Waals surface area (Å²) in [5.74, 6) is -0.660. The molecule has 138 valence electrons. The van der Waals surface area contributed by atoms with Crippen molar-refractivity contribution in [2.24, 2.45) is 11.8 Å². The first-order chi connectivity index (χ1) is 11.3. The van der Waals surface area contributed by atoms with Crippen LogP contribution in [0.25, 0.3) is 0 Å². The van der Waals surface area contributed by atoms with Gasteiger partial charge in [0.1, 0.15) is 18.8 Å². The lowest BCUT2D eigenvalue weighted by Crippen LogP contribution is -2.52. The molecule has 2 heterocycles. The highest BCUT2D eigenvalue weighted by atomic mass is 16.6. The van der Waals surface area contributed by atoms with Gasteiger partial charge in [0.2, 0.25) is 0 Å². The Balaban J connectivity index is 2.13. The largest absolute Gasteiger partial charge is 0.463 e. The summed E-state index contributed by atoms with van der Waals surface area (Å²) >= 11 is 0. The SMILES string of the molecule is C[C@@H]1[C@@H](C)[C@H](C)O[C@@H]2COC(=O)CCC(O)C(O)CCC(=O)O[C@@H]12.